The van der Waals surface area contributed by atoms with Crippen molar-refractivity contribution in [2.24, 2.45) is 0 Å². The molecule has 1 amide bonds. The SMILES string of the molecule is CCn1nc(C(C)C)cc1C(=O)N1CCC[C@@H](c2nc3ccccc3[nH]2)C1. The van der Waals surface area contributed by atoms with Crippen LogP contribution in [0.2, 0.25) is 0 Å². The summed E-state index contributed by atoms with van der Waals surface area (Å²) in [6, 6.07) is 10.0. The van der Waals surface area contributed by atoms with Crippen molar-refractivity contribution >= 4 is 16.9 Å². The fraction of sp³-hybridized carbons (Fsp3) is 0.476. The monoisotopic (exact) mass is 365 g/mol. The Hall–Kier alpha value is -2.63. The maximum Gasteiger partial charge on any atom is 0.272 e. The average molecular weight is 365 g/mol. The molecule has 1 saturated heterocycles. The Labute approximate surface area is 159 Å². The highest BCUT2D eigenvalue weighted by atomic mass is 16.2. The molecule has 142 valence electrons. The third-order valence-electron chi connectivity index (χ3n) is 5.41. The van der Waals surface area contributed by atoms with Crippen molar-refractivity contribution in [1.82, 2.24) is 24.6 Å². The van der Waals surface area contributed by atoms with Gasteiger partial charge in [-0.3, -0.25) is 9.48 Å². The summed E-state index contributed by atoms with van der Waals surface area (Å²) in [6.45, 7) is 8.44. The Bertz CT molecular complexity index is 922. The predicted octanol–water partition coefficient (Wildman–Crippen LogP) is 3.92. The van der Waals surface area contributed by atoms with Gasteiger partial charge < -0.3 is 9.88 Å². The molecule has 1 aliphatic rings. The lowest BCUT2D eigenvalue weighted by Crippen LogP contribution is -2.40. The van der Waals surface area contributed by atoms with Crippen LogP contribution in [0.25, 0.3) is 11.0 Å². The van der Waals surface area contributed by atoms with Gasteiger partial charge in [-0.25, -0.2) is 4.98 Å². The molecule has 0 saturated carbocycles. The first kappa shape index (κ1) is 17.8. The average Bonchev–Trinajstić information content (AvgIpc) is 3.31. The van der Waals surface area contributed by atoms with E-state index < -0.39 is 0 Å². The van der Waals surface area contributed by atoms with E-state index in [0.29, 0.717) is 24.7 Å². The molecule has 6 heteroatoms. The van der Waals surface area contributed by atoms with E-state index in [1.54, 1.807) is 0 Å². The summed E-state index contributed by atoms with van der Waals surface area (Å²) in [5.41, 5.74) is 3.72. The van der Waals surface area contributed by atoms with Crippen molar-refractivity contribution in [3.05, 3.63) is 47.5 Å². The summed E-state index contributed by atoms with van der Waals surface area (Å²) in [5, 5.41) is 4.60. The summed E-state index contributed by atoms with van der Waals surface area (Å²) in [4.78, 5) is 23.4. The second-order valence-electron chi connectivity index (χ2n) is 7.65. The molecular formula is C21H27N5O. The van der Waals surface area contributed by atoms with Gasteiger partial charge in [-0.1, -0.05) is 26.0 Å². The maximum absolute atomic E-state index is 13.2. The number of para-hydroxylation sites is 2. The summed E-state index contributed by atoms with van der Waals surface area (Å²) < 4.78 is 1.84. The number of H-pyrrole nitrogens is 1. The van der Waals surface area contributed by atoms with Crippen LogP contribution in [0.15, 0.2) is 30.3 Å². The normalized spacial score (nSPS) is 17.8. The molecule has 3 aromatic rings. The van der Waals surface area contributed by atoms with E-state index in [0.717, 1.165) is 41.9 Å². The number of amides is 1. The molecule has 6 nitrogen and oxygen atoms in total. The van der Waals surface area contributed by atoms with Gasteiger partial charge in [0.15, 0.2) is 0 Å². The highest BCUT2D eigenvalue weighted by molar-refractivity contribution is 5.93. The molecule has 1 N–H and O–H groups in total. The number of likely N-dealkylation sites (tertiary alicyclic amines) is 1. The lowest BCUT2D eigenvalue weighted by molar-refractivity contribution is 0.0692. The molecule has 0 unspecified atom stereocenters. The lowest BCUT2D eigenvalue weighted by atomic mass is 9.97. The van der Waals surface area contributed by atoms with Crippen LogP contribution in [-0.4, -0.2) is 43.6 Å². The number of rotatable bonds is 4. The van der Waals surface area contributed by atoms with E-state index in [4.69, 9.17) is 4.98 Å². The first-order chi connectivity index (χ1) is 13.1. The Morgan fingerprint density at radius 3 is 2.89 bits per heavy atom. The van der Waals surface area contributed by atoms with E-state index >= 15 is 0 Å². The highest BCUT2D eigenvalue weighted by Gasteiger charge is 2.29. The van der Waals surface area contributed by atoms with Crippen LogP contribution in [0.3, 0.4) is 0 Å². The summed E-state index contributed by atoms with van der Waals surface area (Å²) in [6.07, 6.45) is 2.04. The molecule has 1 atom stereocenters. The number of piperidine rings is 1. The van der Waals surface area contributed by atoms with Crippen LogP contribution in [0.5, 0.6) is 0 Å². The number of fused-ring (bicyclic) bond motifs is 1. The van der Waals surface area contributed by atoms with E-state index in [1.807, 2.05) is 46.8 Å². The van der Waals surface area contributed by atoms with Crippen LogP contribution in [0.4, 0.5) is 0 Å². The van der Waals surface area contributed by atoms with Gasteiger partial charge in [-0.05, 0) is 43.9 Å². The molecule has 0 radical (unpaired) electrons. The number of aryl methyl sites for hydroxylation is 1. The second kappa shape index (κ2) is 7.18. The van der Waals surface area contributed by atoms with Crippen LogP contribution in [0.1, 0.15) is 67.5 Å². The topological polar surface area (TPSA) is 66.8 Å². The third kappa shape index (κ3) is 3.36. The molecule has 2 aromatic heterocycles. The zero-order valence-electron chi connectivity index (χ0n) is 16.3. The molecule has 1 fully saturated rings. The number of imidazole rings is 1. The number of hydrogen-bond donors (Lipinski definition) is 1. The molecule has 0 aliphatic carbocycles. The molecule has 4 rings (SSSR count). The Kier molecular flexibility index (Phi) is 4.72. The fourth-order valence-corrected chi connectivity index (χ4v) is 3.84. The minimum atomic E-state index is 0.0806. The van der Waals surface area contributed by atoms with Gasteiger partial charge in [-0.15, -0.1) is 0 Å². The molecule has 1 aromatic carbocycles. The van der Waals surface area contributed by atoms with Gasteiger partial charge in [0, 0.05) is 25.6 Å². The molecule has 0 spiro atoms. The van der Waals surface area contributed by atoms with Crippen molar-refractivity contribution in [3.63, 3.8) is 0 Å². The predicted molar refractivity (Wildman–Crippen MR) is 106 cm³/mol. The number of carbonyl (C=O) groups is 1. The number of carbonyl (C=O) groups excluding carboxylic acids is 1. The zero-order valence-corrected chi connectivity index (χ0v) is 16.3. The fourth-order valence-electron chi connectivity index (χ4n) is 3.84. The van der Waals surface area contributed by atoms with Crippen molar-refractivity contribution in [2.45, 2.75) is 52.0 Å². The highest BCUT2D eigenvalue weighted by Crippen LogP contribution is 2.28. The summed E-state index contributed by atoms with van der Waals surface area (Å²) in [7, 11) is 0. The molecule has 3 heterocycles. The van der Waals surface area contributed by atoms with Crippen LogP contribution >= 0.6 is 0 Å². The quantitative estimate of drug-likeness (QED) is 0.762. The number of aromatic amines is 1. The van der Waals surface area contributed by atoms with Crippen molar-refractivity contribution in [1.29, 1.82) is 0 Å². The lowest BCUT2D eigenvalue weighted by Gasteiger charge is -2.31. The van der Waals surface area contributed by atoms with Crippen LogP contribution in [-0.2, 0) is 6.54 Å². The van der Waals surface area contributed by atoms with Gasteiger partial charge in [0.05, 0.1) is 16.7 Å². The number of nitrogens with zero attached hydrogens (tertiary/aromatic N) is 4. The Morgan fingerprint density at radius 1 is 1.33 bits per heavy atom. The molecule has 1 aliphatic heterocycles. The minimum absolute atomic E-state index is 0.0806. The van der Waals surface area contributed by atoms with E-state index in [-0.39, 0.29) is 11.8 Å². The van der Waals surface area contributed by atoms with Gasteiger partial charge in [0.1, 0.15) is 11.5 Å². The smallest absolute Gasteiger partial charge is 0.272 e. The summed E-state index contributed by atoms with van der Waals surface area (Å²) in [5.74, 6) is 1.63. The number of hydrogen-bond acceptors (Lipinski definition) is 3. The van der Waals surface area contributed by atoms with Gasteiger partial charge in [0.25, 0.3) is 5.91 Å². The summed E-state index contributed by atoms with van der Waals surface area (Å²) >= 11 is 0. The number of aromatic nitrogens is 4. The molecule has 0 bridgehead atoms. The van der Waals surface area contributed by atoms with Crippen molar-refractivity contribution < 1.29 is 4.79 Å². The van der Waals surface area contributed by atoms with E-state index in [1.165, 1.54) is 0 Å². The van der Waals surface area contributed by atoms with Crippen molar-refractivity contribution in [3.8, 4) is 0 Å². The molecular weight excluding hydrogens is 338 g/mol. The number of benzene rings is 1. The second-order valence-corrected chi connectivity index (χ2v) is 7.65. The first-order valence-corrected chi connectivity index (χ1v) is 9.88. The van der Waals surface area contributed by atoms with Crippen LogP contribution in [0, 0.1) is 0 Å². The molecule has 27 heavy (non-hydrogen) atoms. The third-order valence-corrected chi connectivity index (χ3v) is 5.41. The van der Waals surface area contributed by atoms with Gasteiger partial charge in [0.2, 0.25) is 0 Å². The minimum Gasteiger partial charge on any atom is -0.342 e. The van der Waals surface area contributed by atoms with E-state index in [9.17, 15) is 4.79 Å². The largest absolute Gasteiger partial charge is 0.342 e. The van der Waals surface area contributed by atoms with Crippen molar-refractivity contribution in [2.75, 3.05) is 13.1 Å². The van der Waals surface area contributed by atoms with Gasteiger partial charge in [-0.2, -0.15) is 5.10 Å². The standard InChI is InChI=1S/C21H27N5O/c1-4-26-19(12-18(24-26)14(2)3)21(27)25-11-7-8-15(13-25)20-22-16-9-5-6-10-17(16)23-20/h5-6,9-10,12,14-15H,4,7-8,11,13H2,1-3H3,(H,22,23)/t15-/m1/s1. The van der Waals surface area contributed by atoms with Crippen LogP contribution < -0.4 is 0 Å². The zero-order chi connectivity index (χ0) is 19.0. The first-order valence-electron chi connectivity index (χ1n) is 9.88. The Balaban J connectivity index is 1.56. The Morgan fingerprint density at radius 2 is 2.15 bits per heavy atom. The van der Waals surface area contributed by atoms with Gasteiger partial charge >= 0.3 is 0 Å². The number of nitrogens with one attached hydrogen (secondary N) is 1. The van der Waals surface area contributed by atoms with E-state index in [2.05, 4.69) is 23.9 Å². The maximum atomic E-state index is 13.2.